The van der Waals surface area contributed by atoms with Crippen LogP contribution in [0.3, 0.4) is 0 Å². The Morgan fingerprint density at radius 3 is 1.43 bits per heavy atom. The second-order valence-corrected chi connectivity index (χ2v) is 14.5. The lowest BCUT2D eigenvalue weighted by atomic mass is 9.78. The van der Waals surface area contributed by atoms with Crippen molar-refractivity contribution in [3.8, 4) is 33.4 Å². The number of benzene rings is 8. The molecule has 53 heavy (non-hydrogen) atoms. The van der Waals surface area contributed by atoms with E-state index >= 15 is 0 Å². The second kappa shape index (κ2) is 13.6. The molecule has 1 heteroatoms. The van der Waals surface area contributed by atoms with Gasteiger partial charge in [0.25, 0.3) is 0 Å². The summed E-state index contributed by atoms with van der Waals surface area (Å²) in [5.74, 6) is 0.00904. The standard InChI is InChI=1S/C52H41N/c1-52(2)48-26-16-15-25-46(48)51-47(50(41-21-11-5-12-22-41)42-29-27-39(28-30-42)37-17-7-3-8-18-37)35-45(36-49(51)52)53(43-23-13-6-14-24-43)44-33-31-40(32-34-44)38-19-9-4-10-20-38/h3-36,50H,1-2H3. The number of anilines is 3. The molecule has 9 rings (SSSR count). The van der Waals surface area contributed by atoms with Crippen molar-refractivity contribution in [1.82, 2.24) is 0 Å². The van der Waals surface area contributed by atoms with Gasteiger partial charge in [0, 0.05) is 28.4 Å². The van der Waals surface area contributed by atoms with Gasteiger partial charge in [0.05, 0.1) is 0 Å². The number of fused-ring (bicyclic) bond motifs is 3. The molecule has 0 heterocycles. The van der Waals surface area contributed by atoms with Crippen molar-refractivity contribution in [2.75, 3.05) is 4.90 Å². The fourth-order valence-electron chi connectivity index (χ4n) is 8.34. The summed E-state index contributed by atoms with van der Waals surface area (Å²) in [6, 6.07) is 75.3. The molecule has 0 fully saturated rings. The summed E-state index contributed by atoms with van der Waals surface area (Å²) >= 11 is 0. The maximum Gasteiger partial charge on any atom is 0.0468 e. The van der Waals surface area contributed by atoms with Crippen LogP contribution < -0.4 is 4.90 Å². The van der Waals surface area contributed by atoms with E-state index < -0.39 is 0 Å². The van der Waals surface area contributed by atoms with Crippen LogP contribution in [0.2, 0.25) is 0 Å². The summed E-state index contributed by atoms with van der Waals surface area (Å²) in [7, 11) is 0. The van der Waals surface area contributed by atoms with Crippen LogP contribution in [0.15, 0.2) is 206 Å². The Hall–Kier alpha value is -6.44. The van der Waals surface area contributed by atoms with Gasteiger partial charge in [-0.15, -0.1) is 0 Å². The fraction of sp³-hybridized carbons (Fsp3) is 0.0769. The van der Waals surface area contributed by atoms with Crippen LogP contribution in [-0.2, 0) is 5.41 Å². The molecular formula is C52H41N. The molecule has 1 aliphatic rings. The lowest BCUT2D eigenvalue weighted by Gasteiger charge is -2.31. The normalized spacial score (nSPS) is 13.2. The van der Waals surface area contributed by atoms with Gasteiger partial charge in [0.2, 0.25) is 0 Å². The summed E-state index contributed by atoms with van der Waals surface area (Å²) in [6.45, 7) is 4.78. The quantitative estimate of drug-likeness (QED) is 0.145. The van der Waals surface area contributed by atoms with Gasteiger partial charge in [-0.25, -0.2) is 0 Å². The first kappa shape index (κ1) is 32.5. The van der Waals surface area contributed by atoms with Gasteiger partial charge in [-0.05, 0) is 97.6 Å². The minimum atomic E-state index is -0.186. The van der Waals surface area contributed by atoms with E-state index in [1.165, 1.54) is 61.2 Å². The minimum Gasteiger partial charge on any atom is -0.310 e. The zero-order chi connectivity index (χ0) is 35.8. The number of para-hydroxylation sites is 1. The molecule has 0 bridgehead atoms. The van der Waals surface area contributed by atoms with Crippen molar-refractivity contribution in [3.63, 3.8) is 0 Å². The van der Waals surface area contributed by atoms with E-state index in [9.17, 15) is 0 Å². The third-order valence-corrected chi connectivity index (χ3v) is 11.0. The van der Waals surface area contributed by atoms with E-state index in [2.05, 4.69) is 225 Å². The highest BCUT2D eigenvalue weighted by Gasteiger charge is 2.39. The van der Waals surface area contributed by atoms with Gasteiger partial charge in [0.1, 0.15) is 0 Å². The topological polar surface area (TPSA) is 3.24 Å². The van der Waals surface area contributed by atoms with Crippen molar-refractivity contribution in [2.24, 2.45) is 0 Å². The number of hydrogen-bond donors (Lipinski definition) is 0. The average Bonchev–Trinajstić information content (AvgIpc) is 3.46. The summed E-state index contributed by atoms with van der Waals surface area (Å²) in [5.41, 5.74) is 17.4. The zero-order valence-electron chi connectivity index (χ0n) is 30.2. The molecule has 1 aliphatic carbocycles. The van der Waals surface area contributed by atoms with E-state index in [0.29, 0.717) is 0 Å². The van der Waals surface area contributed by atoms with Gasteiger partial charge in [-0.1, -0.05) is 184 Å². The molecule has 0 spiro atoms. The fourth-order valence-corrected chi connectivity index (χ4v) is 8.34. The van der Waals surface area contributed by atoms with Crippen molar-refractivity contribution in [2.45, 2.75) is 25.2 Å². The van der Waals surface area contributed by atoms with Crippen LogP contribution >= 0.6 is 0 Å². The van der Waals surface area contributed by atoms with Gasteiger partial charge in [-0.2, -0.15) is 0 Å². The number of rotatable bonds is 8. The zero-order valence-corrected chi connectivity index (χ0v) is 30.2. The predicted molar refractivity (Wildman–Crippen MR) is 223 cm³/mol. The molecule has 0 saturated carbocycles. The van der Waals surface area contributed by atoms with E-state index in [4.69, 9.17) is 0 Å². The lowest BCUT2D eigenvalue weighted by Crippen LogP contribution is -2.18. The lowest BCUT2D eigenvalue weighted by molar-refractivity contribution is 0.659. The average molecular weight is 680 g/mol. The van der Waals surface area contributed by atoms with Crippen LogP contribution in [0.25, 0.3) is 33.4 Å². The van der Waals surface area contributed by atoms with Crippen molar-refractivity contribution in [1.29, 1.82) is 0 Å². The summed E-state index contributed by atoms with van der Waals surface area (Å²) < 4.78 is 0. The van der Waals surface area contributed by atoms with Crippen molar-refractivity contribution in [3.05, 3.63) is 234 Å². The van der Waals surface area contributed by atoms with E-state index in [1.54, 1.807) is 0 Å². The molecule has 0 radical (unpaired) electrons. The Labute approximate surface area is 313 Å². The molecule has 1 unspecified atom stereocenters. The monoisotopic (exact) mass is 679 g/mol. The smallest absolute Gasteiger partial charge is 0.0468 e. The molecule has 0 saturated heterocycles. The maximum absolute atomic E-state index is 2.47. The molecule has 1 nitrogen and oxygen atoms in total. The van der Waals surface area contributed by atoms with Crippen molar-refractivity contribution >= 4 is 17.1 Å². The van der Waals surface area contributed by atoms with Crippen LogP contribution in [0.1, 0.15) is 47.6 Å². The van der Waals surface area contributed by atoms with Gasteiger partial charge in [-0.3, -0.25) is 0 Å². The highest BCUT2D eigenvalue weighted by molar-refractivity contribution is 5.89. The molecule has 0 aliphatic heterocycles. The van der Waals surface area contributed by atoms with E-state index in [1.807, 2.05) is 0 Å². The Morgan fingerprint density at radius 1 is 0.377 bits per heavy atom. The molecule has 0 amide bonds. The minimum absolute atomic E-state index is 0.00904. The summed E-state index contributed by atoms with van der Waals surface area (Å²) in [5, 5.41) is 0. The Balaban J connectivity index is 1.28. The SMILES string of the molecule is CC1(C)c2ccccc2-c2c(C(c3ccccc3)c3ccc(-c4ccccc4)cc3)cc(N(c3ccccc3)c3ccc(-c4ccccc4)cc3)cc21. The first-order valence-electron chi connectivity index (χ1n) is 18.6. The van der Waals surface area contributed by atoms with Crippen LogP contribution in [-0.4, -0.2) is 0 Å². The largest absolute Gasteiger partial charge is 0.310 e. The third-order valence-electron chi connectivity index (χ3n) is 11.0. The molecule has 8 aromatic carbocycles. The Bertz CT molecular complexity index is 2480. The van der Waals surface area contributed by atoms with Crippen LogP contribution in [0, 0.1) is 0 Å². The molecule has 0 N–H and O–H groups in total. The Morgan fingerprint density at radius 2 is 0.830 bits per heavy atom. The molecule has 8 aromatic rings. The maximum atomic E-state index is 2.47. The highest BCUT2D eigenvalue weighted by atomic mass is 15.1. The van der Waals surface area contributed by atoms with E-state index in [-0.39, 0.29) is 11.3 Å². The third kappa shape index (κ3) is 5.95. The number of hydrogen-bond acceptors (Lipinski definition) is 1. The summed E-state index contributed by atoms with van der Waals surface area (Å²) in [4.78, 5) is 2.43. The highest BCUT2D eigenvalue weighted by Crippen LogP contribution is 2.55. The number of nitrogens with zero attached hydrogens (tertiary/aromatic N) is 1. The van der Waals surface area contributed by atoms with Crippen molar-refractivity contribution < 1.29 is 0 Å². The first-order chi connectivity index (χ1) is 26.1. The van der Waals surface area contributed by atoms with Crippen LogP contribution in [0.5, 0.6) is 0 Å². The van der Waals surface area contributed by atoms with Gasteiger partial charge < -0.3 is 4.90 Å². The van der Waals surface area contributed by atoms with Crippen LogP contribution in [0.4, 0.5) is 17.1 Å². The van der Waals surface area contributed by atoms with Gasteiger partial charge in [0.15, 0.2) is 0 Å². The van der Waals surface area contributed by atoms with E-state index in [0.717, 1.165) is 17.1 Å². The van der Waals surface area contributed by atoms with Gasteiger partial charge >= 0.3 is 0 Å². The summed E-state index contributed by atoms with van der Waals surface area (Å²) in [6.07, 6.45) is 0. The molecule has 1 atom stereocenters. The predicted octanol–water partition coefficient (Wildman–Crippen LogP) is 14.0. The molecular weight excluding hydrogens is 639 g/mol. The molecule has 0 aromatic heterocycles. The molecule has 254 valence electrons. The second-order valence-electron chi connectivity index (χ2n) is 14.5. The first-order valence-corrected chi connectivity index (χ1v) is 18.6. The Kier molecular flexibility index (Phi) is 8.33.